The molecule has 24 heavy (non-hydrogen) atoms. The lowest BCUT2D eigenvalue weighted by atomic mass is 9.96. The molecular weight excluding hydrogens is 441 g/mol. The molecule has 2 N–H and O–H groups in total. The van der Waals surface area contributed by atoms with Gasteiger partial charge < -0.3 is 15.4 Å². The highest BCUT2D eigenvalue weighted by Gasteiger charge is 2.41. The Morgan fingerprint density at radius 3 is 2.50 bits per heavy atom. The largest absolute Gasteiger partial charge is 0.373 e. The number of rotatable bonds is 4. The first-order valence-electron chi connectivity index (χ1n) is 7.87. The molecule has 3 atom stereocenters. The van der Waals surface area contributed by atoms with Gasteiger partial charge in [-0.15, -0.1) is 24.0 Å². The number of benzene rings is 1. The Morgan fingerprint density at radius 1 is 1.29 bits per heavy atom. The van der Waals surface area contributed by atoms with Gasteiger partial charge in [-0.25, -0.2) is 8.42 Å². The van der Waals surface area contributed by atoms with Crippen molar-refractivity contribution in [3.05, 3.63) is 29.8 Å². The number of hydrogen-bond acceptors (Lipinski definition) is 4. The highest BCUT2D eigenvalue weighted by molar-refractivity contribution is 14.0. The van der Waals surface area contributed by atoms with Crippen LogP contribution in [0.3, 0.4) is 0 Å². The molecule has 134 valence electrons. The van der Waals surface area contributed by atoms with Gasteiger partial charge in [-0.05, 0) is 37.0 Å². The van der Waals surface area contributed by atoms with Gasteiger partial charge in [-0.1, -0.05) is 12.1 Å². The number of halogens is 1. The average Bonchev–Trinajstić information content (AvgIpc) is 3.13. The third-order valence-corrected chi connectivity index (χ3v) is 5.59. The van der Waals surface area contributed by atoms with Gasteiger partial charge in [0.1, 0.15) is 0 Å². The molecular formula is C16H24IN3O3S. The van der Waals surface area contributed by atoms with Crippen molar-refractivity contribution in [3.63, 3.8) is 0 Å². The molecule has 2 bridgehead atoms. The molecule has 2 heterocycles. The minimum absolute atomic E-state index is 0. The van der Waals surface area contributed by atoms with Crippen molar-refractivity contribution in [1.82, 2.24) is 10.6 Å². The molecule has 2 aliphatic rings. The second-order valence-electron chi connectivity index (χ2n) is 6.20. The van der Waals surface area contributed by atoms with E-state index in [9.17, 15) is 8.42 Å². The summed E-state index contributed by atoms with van der Waals surface area (Å²) < 4.78 is 28.7. The molecule has 3 rings (SSSR count). The van der Waals surface area contributed by atoms with Crippen LogP contribution in [0.25, 0.3) is 0 Å². The Labute approximate surface area is 160 Å². The van der Waals surface area contributed by atoms with E-state index in [1.807, 2.05) is 12.1 Å². The van der Waals surface area contributed by atoms with Crippen molar-refractivity contribution in [1.29, 1.82) is 0 Å². The topological polar surface area (TPSA) is 79.8 Å². The monoisotopic (exact) mass is 465 g/mol. The van der Waals surface area contributed by atoms with E-state index >= 15 is 0 Å². The Balaban J connectivity index is 0.00000208. The van der Waals surface area contributed by atoms with Gasteiger partial charge in [-0.3, -0.25) is 4.99 Å². The maximum absolute atomic E-state index is 11.5. The lowest BCUT2D eigenvalue weighted by Gasteiger charge is -2.22. The summed E-state index contributed by atoms with van der Waals surface area (Å²) in [6.07, 6.45) is 5.23. The van der Waals surface area contributed by atoms with Crippen LogP contribution >= 0.6 is 24.0 Å². The third-order valence-electron chi connectivity index (χ3n) is 4.46. The Bertz CT molecular complexity index is 691. The fraction of sp³-hybridized carbons (Fsp3) is 0.562. The smallest absolute Gasteiger partial charge is 0.191 e. The maximum atomic E-state index is 11.5. The van der Waals surface area contributed by atoms with Crippen molar-refractivity contribution in [2.45, 2.75) is 49.0 Å². The predicted molar refractivity (Wildman–Crippen MR) is 105 cm³/mol. The minimum atomic E-state index is -3.15. The number of nitrogens with zero attached hydrogens (tertiary/aromatic N) is 1. The Kier molecular flexibility index (Phi) is 6.49. The molecule has 1 aromatic carbocycles. The highest BCUT2D eigenvalue weighted by Crippen LogP contribution is 2.34. The normalized spacial score (nSPS) is 26.1. The summed E-state index contributed by atoms with van der Waals surface area (Å²) in [5, 5.41) is 6.69. The molecule has 0 radical (unpaired) electrons. The van der Waals surface area contributed by atoms with Gasteiger partial charge in [0.2, 0.25) is 0 Å². The fourth-order valence-corrected chi connectivity index (χ4v) is 3.83. The second kappa shape index (κ2) is 8.01. The number of sulfone groups is 1. The van der Waals surface area contributed by atoms with Gasteiger partial charge in [0.25, 0.3) is 0 Å². The van der Waals surface area contributed by atoms with E-state index in [2.05, 4.69) is 15.6 Å². The van der Waals surface area contributed by atoms with Crippen LogP contribution in [0, 0.1) is 0 Å². The number of guanidine groups is 1. The summed E-state index contributed by atoms with van der Waals surface area (Å²) in [7, 11) is -1.40. The molecule has 3 unspecified atom stereocenters. The van der Waals surface area contributed by atoms with Crippen molar-refractivity contribution in [3.8, 4) is 0 Å². The van der Waals surface area contributed by atoms with Gasteiger partial charge in [0.05, 0.1) is 23.1 Å². The summed E-state index contributed by atoms with van der Waals surface area (Å²) in [4.78, 5) is 4.59. The summed E-state index contributed by atoms with van der Waals surface area (Å²) in [6.45, 7) is 0.589. The predicted octanol–water partition coefficient (Wildman–Crippen LogP) is 1.69. The van der Waals surface area contributed by atoms with Crippen LogP contribution in [0.15, 0.2) is 34.2 Å². The molecule has 6 nitrogen and oxygen atoms in total. The maximum Gasteiger partial charge on any atom is 0.191 e. The lowest BCUT2D eigenvalue weighted by Crippen LogP contribution is -2.47. The molecule has 2 saturated heterocycles. The zero-order valence-electron chi connectivity index (χ0n) is 13.9. The van der Waals surface area contributed by atoms with Gasteiger partial charge >= 0.3 is 0 Å². The standard InChI is InChI=1S/C16H23N3O3S.HI/c1-17-16(19-14-9-12-5-8-15(14)22-12)18-10-11-3-6-13(7-4-11)23(2,20)21;/h3-4,6-7,12,14-15H,5,8-10H2,1-2H3,(H2,17,18,19);1H. The number of hydrogen-bond donors (Lipinski definition) is 2. The number of ether oxygens (including phenoxy) is 1. The van der Waals surface area contributed by atoms with E-state index in [0.29, 0.717) is 29.7 Å². The molecule has 2 aliphatic heterocycles. The molecule has 0 amide bonds. The summed E-state index contributed by atoms with van der Waals surface area (Å²) in [5.41, 5.74) is 1.00. The van der Waals surface area contributed by atoms with Crippen molar-refractivity contribution < 1.29 is 13.2 Å². The van der Waals surface area contributed by atoms with E-state index in [1.165, 1.54) is 12.7 Å². The zero-order valence-corrected chi connectivity index (χ0v) is 17.0. The first-order chi connectivity index (χ1) is 11.0. The van der Waals surface area contributed by atoms with Crippen LogP contribution in [0.2, 0.25) is 0 Å². The number of fused-ring (bicyclic) bond motifs is 2. The number of nitrogens with one attached hydrogen (secondary N) is 2. The molecule has 0 aliphatic carbocycles. The quantitative estimate of drug-likeness (QED) is 0.402. The van der Waals surface area contributed by atoms with Crippen LogP contribution < -0.4 is 10.6 Å². The SMILES string of the molecule is CN=C(NCc1ccc(S(C)(=O)=O)cc1)NC1CC2CCC1O2.I. The first-order valence-corrected chi connectivity index (χ1v) is 9.76. The van der Waals surface area contributed by atoms with Crippen LogP contribution in [0.4, 0.5) is 0 Å². The van der Waals surface area contributed by atoms with E-state index in [0.717, 1.165) is 24.4 Å². The summed E-state index contributed by atoms with van der Waals surface area (Å²) in [5.74, 6) is 0.748. The van der Waals surface area contributed by atoms with E-state index in [-0.39, 0.29) is 24.0 Å². The van der Waals surface area contributed by atoms with E-state index in [1.54, 1.807) is 19.2 Å². The highest BCUT2D eigenvalue weighted by atomic mass is 127. The van der Waals surface area contributed by atoms with Gasteiger partial charge in [0.15, 0.2) is 15.8 Å². The van der Waals surface area contributed by atoms with Gasteiger partial charge in [-0.2, -0.15) is 0 Å². The Morgan fingerprint density at radius 2 is 2.00 bits per heavy atom. The summed E-state index contributed by atoms with van der Waals surface area (Å²) >= 11 is 0. The molecule has 0 aromatic heterocycles. The van der Waals surface area contributed by atoms with Crippen LogP contribution in [-0.2, 0) is 21.1 Å². The first kappa shape index (κ1) is 19.5. The van der Waals surface area contributed by atoms with Crippen molar-refractivity contribution >= 4 is 39.8 Å². The van der Waals surface area contributed by atoms with Crippen molar-refractivity contribution in [2.75, 3.05) is 13.3 Å². The lowest BCUT2D eigenvalue weighted by molar-refractivity contribution is 0.0992. The van der Waals surface area contributed by atoms with E-state index in [4.69, 9.17) is 4.74 Å². The third kappa shape index (κ3) is 4.60. The van der Waals surface area contributed by atoms with Gasteiger partial charge in [0, 0.05) is 19.8 Å². The Hall–Kier alpha value is -0.870. The molecule has 1 aromatic rings. The zero-order chi connectivity index (χ0) is 16.4. The second-order valence-corrected chi connectivity index (χ2v) is 8.22. The van der Waals surface area contributed by atoms with Crippen molar-refractivity contribution in [2.24, 2.45) is 4.99 Å². The fourth-order valence-electron chi connectivity index (χ4n) is 3.20. The molecule has 2 fully saturated rings. The van der Waals surface area contributed by atoms with Crippen LogP contribution in [0.1, 0.15) is 24.8 Å². The summed E-state index contributed by atoms with van der Waals surface area (Å²) in [6, 6.07) is 7.22. The molecule has 0 spiro atoms. The minimum Gasteiger partial charge on any atom is -0.373 e. The molecule has 0 saturated carbocycles. The van der Waals surface area contributed by atoms with Crippen LogP contribution in [-0.4, -0.2) is 45.9 Å². The van der Waals surface area contributed by atoms with Crippen LogP contribution in [0.5, 0.6) is 0 Å². The number of aliphatic imine (C=N–C) groups is 1. The van der Waals surface area contributed by atoms with E-state index < -0.39 is 9.84 Å². The molecule has 8 heteroatoms. The average molecular weight is 465 g/mol.